The highest BCUT2D eigenvalue weighted by molar-refractivity contribution is 5.92. The number of ether oxygens (including phenoxy) is 1. The first-order valence-corrected chi connectivity index (χ1v) is 10.7. The highest BCUT2D eigenvalue weighted by atomic mass is 16.5. The number of carbonyl (C=O) groups excluding carboxylic acids is 1. The molecule has 1 heterocycles. The number of rotatable bonds is 6. The molecule has 2 N–H and O–H groups in total. The Labute approximate surface area is 193 Å². The monoisotopic (exact) mass is 441 g/mol. The summed E-state index contributed by atoms with van der Waals surface area (Å²) in [6.07, 6.45) is 0. The second-order valence-electron chi connectivity index (χ2n) is 8.50. The van der Waals surface area contributed by atoms with Gasteiger partial charge in [-0.25, -0.2) is 9.78 Å². The van der Waals surface area contributed by atoms with Crippen LogP contribution in [0.25, 0.3) is 28.1 Å². The number of fused-ring (bicyclic) bond motifs is 1. The van der Waals surface area contributed by atoms with Gasteiger partial charge < -0.3 is 19.8 Å². The third-order valence-corrected chi connectivity index (χ3v) is 5.47. The Morgan fingerprint density at radius 2 is 1.85 bits per heavy atom. The van der Waals surface area contributed by atoms with Gasteiger partial charge in [0.05, 0.1) is 12.6 Å². The normalized spacial score (nSPS) is 11.3. The van der Waals surface area contributed by atoms with Gasteiger partial charge in [-0.1, -0.05) is 36.4 Å². The third kappa shape index (κ3) is 4.90. The number of hydrogen-bond donors (Lipinski definition) is 2. The number of carbonyl (C=O) groups is 1. The Morgan fingerprint density at radius 3 is 2.61 bits per heavy atom. The molecule has 0 unspecified atom stereocenters. The molecule has 0 spiro atoms. The zero-order valence-electron chi connectivity index (χ0n) is 19.2. The minimum Gasteiger partial charge on any atom is -0.497 e. The topological polar surface area (TPSA) is 76.4 Å². The number of nitrogens with one attached hydrogen (secondary N) is 2. The maximum atomic E-state index is 12.8. The molecule has 3 aromatic carbocycles. The average Bonchev–Trinajstić information content (AvgIpc) is 3.22. The molecule has 1 aromatic heterocycles. The number of oxazole rings is 1. The molecular formula is C27H27N3O3. The average molecular weight is 442 g/mol. The predicted octanol–water partition coefficient (Wildman–Crippen LogP) is 6.59. The molecule has 0 aliphatic rings. The quantitative estimate of drug-likeness (QED) is 0.354. The van der Waals surface area contributed by atoms with Crippen LogP contribution in [-0.2, 0) is 5.54 Å². The lowest BCUT2D eigenvalue weighted by atomic mass is 9.92. The summed E-state index contributed by atoms with van der Waals surface area (Å²) in [4.78, 5) is 17.3. The van der Waals surface area contributed by atoms with Crippen LogP contribution in [0.2, 0.25) is 0 Å². The van der Waals surface area contributed by atoms with Gasteiger partial charge >= 0.3 is 6.03 Å². The largest absolute Gasteiger partial charge is 0.497 e. The summed E-state index contributed by atoms with van der Waals surface area (Å²) in [5, 5.41) is 5.93. The first-order chi connectivity index (χ1) is 15.7. The summed E-state index contributed by atoms with van der Waals surface area (Å²) < 4.78 is 11.2. The van der Waals surface area contributed by atoms with Crippen LogP contribution in [0, 0.1) is 0 Å². The molecule has 6 heteroatoms. The van der Waals surface area contributed by atoms with Gasteiger partial charge in [0.15, 0.2) is 5.58 Å². The number of urea groups is 1. The van der Waals surface area contributed by atoms with Gasteiger partial charge in [0.1, 0.15) is 11.3 Å². The lowest BCUT2D eigenvalue weighted by Crippen LogP contribution is -2.43. The van der Waals surface area contributed by atoms with Gasteiger partial charge in [-0.2, -0.15) is 0 Å². The van der Waals surface area contributed by atoms with E-state index in [1.54, 1.807) is 19.2 Å². The first-order valence-electron chi connectivity index (χ1n) is 10.7. The van der Waals surface area contributed by atoms with Crippen molar-refractivity contribution in [3.8, 4) is 17.2 Å². The van der Waals surface area contributed by atoms with Crippen LogP contribution in [0.3, 0.4) is 0 Å². The molecule has 0 atom stereocenters. The van der Waals surface area contributed by atoms with Crippen molar-refractivity contribution in [3.63, 3.8) is 0 Å². The van der Waals surface area contributed by atoms with Crippen molar-refractivity contribution >= 4 is 28.4 Å². The summed E-state index contributed by atoms with van der Waals surface area (Å²) >= 11 is 0. The van der Waals surface area contributed by atoms with Crippen molar-refractivity contribution in [3.05, 3.63) is 84.4 Å². The van der Waals surface area contributed by atoms with Gasteiger partial charge in [0, 0.05) is 17.3 Å². The fraction of sp³-hybridized carbons (Fsp3) is 0.185. The highest BCUT2D eigenvalue weighted by Gasteiger charge is 2.23. The molecule has 0 radical (unpaired) electrons. The second kappa shape index (κ2) is 8.82. The molecule has 4 aromatic rings. The molecule has 4 rings (SSSR count). The Bertz CT molecular complexity index is 1340. The Kier molecular flexibility index (Phi) is 5.92. The van der Waals surface area contributed by atoms with Crippen LogP contribution >= 0.6 is 0 Å². The predicted molar refractivity (Wildman–Crippen MR) is 132 cm³/mol. The number of amides is 2. The van der Waals surface area contributed by atoms with Crippen LogP contribution in [0.15, 0.2) is 77.7 Å². The Hall–Kier alpha value is -4.06. The van der Waals surface area contributed by atoms with E-state index in [9.17, 15) is 4.79 Å². The molecule has 0 aliphatic carbocycles. The van der Waals surface area contributed by atoms with E-state index in [2.05, 4.69) is 22.2 Å². The fourth-order valence-electron chi connectivity index (χ4n) is 3.57. The number of hydrogen-bond acceptors (Lipinski definition) is 4. The zero-order chi connectivity index (χ0) is 23.6. The molecule has 2 amide bonds. The maximum Gasteiger partial charge on any atom is 0.319 e. The maximum absolute atomic E-state index is 12.8. The van der Waals surface area contributed by atoms with Gasteiger partial charge in [-0.15, -0.1) is 0 Å². The standard InChI is InChI=1S/C27H27N3O3/c1-17(2)18-8-6-10-20(14-18)27(3,4)30-26(31)28-21-12-13-23-24(16-21)33-25(29-23)19-9-7-11-22(15-19)32-5/h6-16H,1H2,2-5H3,(H2,28,30,31). The summed E-state index contributed by atoms with van der Waals surface area (Å²) in [5.41, 5.74) is 5.15. The van der Waals surface area contributed by atoms with E-state index >= 15 is 0 Å². The SMILES string of the molecule is C=C(C)c1cccc(C(C)(C)NC(=O)Nc2ccc3nc(-c4cccc(OC)c4)oc3c2)c1. The molecule has 33 heavy (non-hydrogen) atoms. The van der Waals surface area contributed by atoms with Crippen molar-refractivity contribution in [2.24, 2.45) is 0 Å². The number of nitrogens with zero attached hydrogens (tertiary/aromatic N) is 1. The molecule has 0 saturated heterocycles. The van der Waals surface area contributed by atoms with Crippen LogP contribution in [-0.4, -0.2) is 18.1 Å². The minimum absolute atomic E-state index is 0.312. The number of benzene rings is 3. The van der Waals surface area contributed by atoms with E-state index in [4.69, 9.17) is 9.15 Å². The van der Waals surface area contributed by atoms with E-state index in [1.165, 1.54) is 0 Å². The number of aromatic nitrogens is 1. The van der Waals surface area contributed by atoms with Crippen molar-refractivity contribution < 1.29 is 13.9 Å². The minimum atomic E-state index is -0.578. The van der Waals surface area contributed by atoms with Crippen molar-refractivity contribution in [1.29, 1.82) is 0 Å². The summed E-state index contributed by atoms with van der Waals surface area (Å²) in [6, 6.07) is 20.6. The molecular weight excluding hydrogens is 414 g/mol. The fourth-order valence-corrected chi connectivity index (χ4v) is 3.57. The molecule has 0 saturated carbocycles. The number of methoxy groups -OCH3 is 1. The van der Waals surface area contributed by atoms with E-state index in [0.717, 1.165) is 28.0 Å². The van der Waals surface area contributed by atoms with Crippen molar-refractivity contribution in [1.82, 2.24) is 10.3 Å². The Morgan fingerprint density at radius 1 is 1.06 bits per heavy atom. The molecule has 168 valence electrons. The number of allylic oxidation sites excluding steroid dienone is 1. The van der Waals surface area contributed by atoms with E-state index < -0.39 is 5.54 Å². The lowest BCUT2D eigenvalue weighted by molar-refractivity contribution is 0.242. The zero-order valence-corrected chi connectivity index (χ0v) is 19.2. The van der Waals surface area contributed by atoms with Crippen LogP contribution in [0.1, 0.15) is 31.9 Å². The van der Waals surface area contributed by atoms with Crippen molar-refractivity contribution in [2.75, 3.05) is 12.4 Å². The van der Waals surface area contributed by atoms with Crippen LogP contribution < -0.4 is 15.4 Å². The summed E-state index contributed by atoms with van der Waals surface area (Å²) in [6.45, 7) is 9.89. The van der Waals surface area contributed by atoms with E-state index in [1.807, 2.05) is 75.4 Å². The van der Waals surface area contributed by atoms with Crippen molar-refractivity contribution in [2.45, 2.75) is 26.3 Å². The molecule has 6 nitrogen and oxygen atoms in total. The van der Waals surface area contributed by atoms with Gasteiger partial charge in [0.25, 0.3) is 0 Å². The van der Waals surface area contributed by atoms with Crippen LogP contribution in [0.4, 0.5) is 10.5 Å². The second-order valence-corrected chi connectivity index (χ2v) is 8.50. The highest BCUT2D eigenvalue weighted by Crippen LogP contribution is 2.29. The molecule has 0 aliphatic heterocycles. The molecule has 0 bridgehead atoms. The van der Waals surface area contributed by atoms with Gasteiger partial charge in [-0.3, -0.25) is 0 Å². The first kappa shape index (κ1) is 22.1. The molecule has 0 fully saturated rings. The van der Waals surface area contributed by atoms with E-state index in [0.29, 0.717) is 22.7 Å². The summed E-state index contributed by atoms with van der Waals surface area (Å²) in [7, 11) is 1.62. The van der Waals surface area contributed by atoms with Gasteiger partial charge in [0.2, 0.25) is 5.89 Å². The van der Waals surface area contributed by atoms with E-state index in [-0.39, 0.29) is 6.03 Å². The third-order valence-electron chi connectivity index (χ3n) is 5.47. The Balaban J connectivity index is 1.50. The smallest absolute Gasteiger partial charge is 0.319 e. The summed E-state index contributed by atoms with van der Waals surface area (Å²) in [5.74, 6) is 1.22. The number of anilines is 1. The lowest BCUT2D eigenvalue weighted by Gasteiger charge is -2.27. The van der Waals surface area contributed by atoms with Gasteiger partial charge in [-0.05, 0) is 68.3 Å². The van der Waals surface area contributed by atoms with Crippen LogP contribution in [0.5, 0.6) is 5.75 Å².